The van der Waals surface area contributed by atoms with Crippen molar-refractivity contribution >= 4 is 17.5 Å². The summed E-state index contributed by atoms with van der Waals surface area (Å²) >= 11 is 1.91. The van der Waals surface area contributed by atoms with Crippen molar-refractivity contribution in [2.75, 3.05) is 20.3 Å². The molecule has 1 heterocycles. The van der Waals surface area contributed by atoms with Crippen LogP contribution in [0.2, 0.25) is 0 Å². The molecule has 1 aliphatic heterocycles. The number of aryl methyl sites for hydroxylation is 1. The zero-order valence-electron chi connectivity index (χ0n) is 15.8. The van der Waals surface area contributed by atoms with Gasteiger partial charge in [0.15, 0.2) is 0 Å². The molecule has 1 fully saturated rings. The van der Waals surface area contributed by atoms with Gasteiger partial charge in [0.1, 0.15) is 0 Å². The number of hydrogen-bond donors (Lipinski definition) is 0. The van der Waals surface area contributed by atoms with Crippen molar-refractivity contribution in [1.82, 2.24) is 4.90 Å². The van der Waals surface area contributed by atoms with Crippen molar-refractivity contribution < 1.29 is 4.74 Å². The molecule has 0 atom stereocenters. The van der Waals surface area contributed by atoms with E-state index in [1.54, 1.807) is 0 Å². The van der Waals surface area contributed by atoms with Crippen molar-refractivity contribution in [3.63, 3.8) is 0 Å². The van der Waals surface area contributed by atoms with Crippen molar-refractivity contribution in [3.8, 4) is 0 Å². The molecule has 2 rings (SSSR count). The summed E-state index contributed by atoms with van der Waals surface area (Å²) in [6.07, 6.45) is 2.15. The molecule has 1 saturated heterocycles. The van der Waals surface area contributed by atoms with Crippen LogP contribution in [-0.4, -0.2) is 30.4 Å². The van der Waals surface area contributed by atoms with Gasteiger partial charge in [-0.15, -0.1) is 11.8 Å². The smallest absolute Gasteiger partial charge is 0.0611 e. The molecule has 2 nitrogen and oxygen atoms in total. The second-order valence-electron chi connectivity index (χ2n) is 6.50. The quantitative estimate of drug-likeness (QED) is 0.619. The molecule has 1 aromatic carbocycles. The second-order valence-corrected chi connectivity index (χ2v) is 7.87. The minimum Gasteiger partial charge on any atom is -0.379 e. The number of rotatable bonds is 6. The lowest BCUT2D eigenvalue weighted by molar-refractivity contribution is 0.0455. The summed E-state index contributed by atoms with van der Waals surface area (Å²) in [6, 6.07) is 6.71. The Labute approximate surface area is 151 Å². The van der Waals surface area contributed by atoms with Gasteiger partial charge in [-0.3, -0.25) is 0 Å². The molecule has 130 valence electrons. The zero-order chi connectivity index (χ0) is 17.9. The van der Waals surface area contributed by atoms with Crippen LogP contribution in [0.25, 0.3) is 5.70 Å². The zero-order valence-corrected chi connectivity index (χ0v) is 16.6. The van der Waals surface area contributed by atoms with E-state index >= 15 is 0 Å². The van der Waals surface area contributed by atoms with E-state index in [1.165, 1.54) is 32.9 Å². The van der Waals surface area contributed by atoms with E-state index in [0.717, 1.165) is 18.9 Å². The molecule has 0 radical (unpaired) electrons. The SMILES string of the molecule is C=C(c1cc(C)cc(SC2COC2)c1)N(C)/C(C)=C(C)\C(C)=C\C. The van der Waals surface area contributed by atoms with Gasteiger partial charge < -0.3 is 9.64 Å². The summed E-state index contributed by atoms with van der Waals surface area (Å²) in [5, 5.41) is 0.590. The first-order chi connectivity index (χ1) is 11.3. The van der Waals surface area contributed by atoms with Gasteiger partial charge in [-0.2, -0.15) is 0 Å². The van der Waals surface area contributed by atoms with E-state index in [2.05, 4.69) is 77.4 Å². The molecule has 0 spiro atoms. The predicted octanol–water partition coefficient (Wildman–Crippen LogP) is 5.65. The van der Waals surface area contributed by atoms with Gasteiger partial charge in [-0.25, -0.2) is 0 Å². The number of thioether (sulfide) groups is 1. The Bertz CT molecular complexity index is 683. The molecular formula is C21H29NOS. The number of benzene rings is 1. The Kier molecular flexibility index (Phi) is 6.36. The molecule has 0 aliphatic carbocycles. The van der Waals surface area contributed by atoms with Crippen LogP contribution in [0.5, 0.6) is 0 Å². The highest BCUT2D eigenvalue weighted by Crippen LogP contribution is 2.32. The van der Waals surface area contributed by atoms with Gasteiger partial charge in [0.25, 0.3) is 0 Å². The van der Waals surface area contributed by atoms with Crippen molar-refractivity contribution in [1.29, 1.82) is 0 Å². The molecule has 0 bridgehead atoms. The van der Waals surface area contributed by atoms with Crippen LogP contribution < -0.4 is 0 Å². The fourth-order valence-corrected chi connectivity index (χ4v) is 3.77. The van der Waals surface area contributed by atoms with Crippen LogP contribution in [0.3, 0.4) is 0 Å². The van der Waals surface area contributed by atoms with Crippen molar-refractivity contribution in [3.05, 3.63) is 58.8 Å². The van der Waals surface area contributed by atoms with Gasteiger partial charge >= 0.3 is 0 Å². The number of allylic oxidation sites excluding steroid dienone is 4. The first-order valence-corrected chi connectivity index (χ1v) is 9.31. The Morgan fingerprint density at radius 3 is 2.46 bits per heavy atom. The van der Waals surface area contributed by atoms with Crippen LogP contribution in [0.1, 0.15) is 38.8 Å². The van der Waals surface area contributed by atoms with E-state index in [0.29, 0.717) is 5.25 Å². The maximum Gasteiger partial charge on any atom is 0.0611 e. The summed E-state index contributed by atoms with van der Waals surface area (Å²) in [6.45, 7) is 16.8. The molecule has 0 aromatic heterocycles. The molecule has 1 aliphatic rings. The lowest BCUT2D eigenvalue weighted by Gasteiger charge is -2.27. The second kappa shape index (κ2) is 8.09. The first-order valence-electron chi connectivity index (χ1n) is 8.43. The lowest BCUT2D eigenvalue weighted by atomic mass is 10.0. The van der Waals surface area contributed by atoms with Gasteiger partial charge in [-0.1, -0.05) is 18.2 Å². The van der Waals surface area contributed by atoms with E-state index in [-0.39, 0.29) is 0 Å². The summed E-state index contributed by atoms with van der Waals surface area (Å²) < 4.78 is 5.29. The monoisotopic (exact) mass is 343 g/mol. The molecule has 0 saturated carbocycles. The van der Waals surface area contributed by atoms with E-state index in [1.807, 2.05) is 11.8 Å². The summed E-state index contributed by atoms with van der Waals surface area (Å²) in [7, 11) is 2.10. The minimum atomic E-state index is 0.590. The number of nitrogens with zero attached hydrogens (tertiary/aromatic N) is 1. The molecule has 1 aromatic rings. The maximum atomic E-state index is 5.29. The van der Waals surface area contributed by atoms with E-state index in [4.69, 9.17) is 4.74 Å². The third-order valence-corrected chi connectivity index (χ3v) is 5.88. The highest BCUT2D eigenvalue weighted by atomic mass is 32.2. The van der Waals surface area contributed by atoms with Crippen LogP contribution in [0, 0.1) is 6.92 Å². The molecule has 0 unspecified atom stereocenters. The highest BCUT2D eigenvalue weighted by Gasteiger charge is 2.20. The van der Waals surface area contributed by atoms with Crippen LogP contribution in [0.4, 0.5) is 0 Å². The van der Waals surface area contributed by atoms with Crippen molar-refractivity contribution in [2.45, 2.75) is 44.8 Å². The number of ether oxygens (including phenoxy) is 1. The third kappa shape index (κ3) is 4.34. The Balaban J connectivity index is 2.24. The van der Waals surface area contributed by atoms with Gasteiger partial charge in [0, 0.05) is 23.3 Å². The number of hydrogen-bond acceptors (Lipinski definition) is 3. The highest BCUT2D eigenvalue weighted by molar-refractivity contribution is 8.00. The largest absolute Gasteiger partial charge is 0.379 e. The van der Waals surface area contributed by atoms with Crippen LogP contribution >= 0.6 is 11.8 Å². The Morgan fingerprint density at radius 1 is 1.25 bits per heavy atom. The molecular weight excluding hydrogens is 314 g/mol. The van der Waals surface area contributed by atoms with Crippen LogP contribution in [-0.2, 0) is 4.74 Å². The molecule has 0 amide bonds. The molecule has 3 heteroatoms. The van der Waals surface area contributed by atoms with Gasteiger partial charge in [-0.05, 0) is 69.5 Å². The summed E-state index contributed by atoms with van der Waals surface area (Å²) in [5.74, 6) is 0. The Hall–Kier alpha value is -1.45. The minimum absolute atomic E-state index is 0.590. The standard InChI is InChI=1S/C21H29NOS/c1-8-15(3)16(4)17(5)22(7)18(6)19-9-14(2)10-20(11-19)24-21-12-23-13-21/h8-11,21H,6,12-13H2,1-5,7H3/b15-8+,17-16-. The normalized spacial score (nSPS) is 16.5. The third-order valence-electron chi connectivity index (χ3n) is 4.77. The topological polar surface area (TPSA) is 12.5 Å². The molecule has 24 heavy (non-hydrogen) atoms. The predicted molar refractivity (Wildman–Crippen MR) is 106 cm³/mol. The fourth-order valence-electron chi connectivity index (χ4n) is 2.61. The fraction of sp³-hybridized carbons (Fsp3) is 0.429. The molecule has 0 N–H and O–H groups in total. The maximum absolute atomic E-state index is 5.29. The summed E-state index contributed by atoms with van der Waals surface area (Å²) in [5.41, 5.74) is 7.33. The first kappa shape index (κ1) is 18.9. The van der Waals surface area contributed by atoms with Gasteiger partial charge in [0.2, 0.25) is 0 Å². The lowest BCUT2D eigenvalue weighted by Crippen LogP contribution is -2.30. The average molecular weight is 344 g/mol. The van der Waals surface area contributed by atoms with Crippen LogP contribution in [0.15, 0.2) is 52.6 Å². The Morgan fingerprint density at radius 2 is 1.92 bits per heavy atom. The van der Waals surface area contributed by atoms with Crippen molar-refractivity contribution in [2.24, 2.45) is 0 Å². The van der Waals surface area contributed by atoms with E-state index in [9.17, 15) is 0 Å². The average Bonchev–Trinajstić information content (AvgIpc) is 2.54. The van der Waals surface area contributed by atoms with Gasteiger partial charge in [0.05, 0.1) is 18.5 Å². The van der Waals surface area contributed by atoms with E-state index < -0.39 is 0 Å². The summed E-state index contributed by atoms with van der Waals surface area (Å²) in [4.78, 5) is 3.49.